The summed E-state index contributed by atoms with van der Waals surface area (Å²) >= 11 is 5.97. The molecule has 0 aliphatic rings. The molecule has 1 aromatic carbocycles. The summed E-state index contributed by atoms with van der Waals surface area (Å²) in [7, 11) is 0. The number of rotatable bonds is 5. The summed E-state index contributed by atoms with van der Waals surface area (Å²) in [4.78, 5) is 0. The van der Waals surface area contributed by atoms with Crippen molar-refractivity contribution in [2.45, 2.75) is 40.2 Å². The van der Waals surface area contributed by atoms with E-state index in [4.69, 9.17) is 16.3 Å². The minimum absolute atomic E-state index is 0.194. The van der Waals surface area contributed by atoms with Crippen LogP contribution in [0.4, 0.5) is 11.5 Å². The van der Waals surface area contributed by atoms with Gasteiger partial charge in [0.25, 0.3) is 0 Å². The van der Waals surface area contributed by atoms with Gasteiger partial charge in [-0.15, -0.1) is 10.2 Å². The molecule has 0 bridgehead atoms. The molecule has 1 unspecified atom stereocenters. The summed E-state index contributed by atoms with van der Waals surface area (Å²) in [5, 5.41) is 11.7. The number of anilines is 2. The molecule has 112 valence electrons. The highest BCUT2D eigenvalue weighted by Gasteiger charge is 2.09. The van der Waals surface area contributed by atoms with Crippen LogP contribution in [-0.2, 0) is 0 Å². The van der Waals surface area contributed by atoms with Gasteiger partial charge in [-0.3, -0.25) is 0 Å². The first-order chi connectivity index (χ1) is 10.0. The van der Waals surface area contributed by atoms with Crippen molar-refractivity contribution in [2.24, 2.45) is 0 Å². The fraction of sp³-hybridized carbons (Fsp3) is 0.375. The van der Waals surface area contributed by atoms with Crippen LogP contribution in [0.3, 0.4) is 0 Å². The maximum absolute atomic E-state index is 5.97. The Labute approximate surface area is 130 Å². The van der Waals surface area contributed by atoms with Crippen LogP contribution in [0.2, 0.25) is 5.15 Å². The fourth-order valence-corrected chi connectivity index (χ4v) is 1.97. The molecule has 1 N–H and O–H groups in total. The van der Waals surface area contributed by atoms with Crippen molar-refractivity contribution in [1.29, 1.82) is 0 Å². The molecule has 21 heavy (non-hydrogen) atoms. The van der Waals surface area contributed by atoms with Gasteiger partial charge >= 0.3 is 0 Å². The van der Waals surface area contributed by atoms with Gasteiger partial charge in [-0.1, -0.05) is 24.6 Å². The Balaban J connectivity index is 2.20. The van der Waals surface area contributed by atoms with Crippen LogP contribution in [0, 0.1) is 13.8 Å². The van der Waals surface area contributed by atoms with E-state index >= 15 is 0 Å². The standard InChI is InChI=1S/C16H20ClN3O/c1-5-10(2)21-14-8-6-7-13(9-14)18-16-12(4)11(3)15(17)19-20-16/h6-10H,5H2,1-4H3,(H,18,20). The summed E-state index contributed by atoms with van der Waals surface area (Å²) in [5.74, 6) is 1.54. The molecule has 0 radical (unpaired) electrons. The van der Waals surface area contributed by atoms with Crippen molar-refractivity contribution >= 4 is 23.1 Å². The second kappa shape index (κ2) is 6.76. The van der Waals surface area contributed by atoms with E-state index in [1.165, 1.54) is 0 Å². The lowest BCUT2D eigenvalue weighted by Gasteiger charge is -2.14. The first-order valence-corrected chi connectivity index (χ1v) is 7.42. The van der Waals surface area contributed by atoms with Crippen LogP contribution in [0.25, 0.3) is 0 Å². The van der Waals surface area contributed by atoms with Crippen LogP contribution in [0.1, 0.15) is 31.4 Å². The minimum atomic E-state index is 0.194. The second-order valence-corrected chi connectivity index (χ2v) is 5.44. The van der Waals surface area contributed by atoms with E-state index < -0.39 is 0 Å². The summed E-state index contributed by atoms with van der Waals surface area (Å²) in [6.07, 6.45) is 1.16. The average molecular weight is 306 g/mol. The third-order valence-corrected chi connectivity index (χ3v) is 3.83. The van der Waals surface area contributed by atoms with Gasteiger partial charge in [0, 0.05) is 11.8 Å². The van der Waals surface area contributed by atoms with E-state index in [2.05, 4.69) is 29.4 Å². The Kier molecular flexibility index (Phi) is 5.02. The van der Waals surface area contributed by atoms with Crippen molar-refractivity contribution < 1.29 is 4.74 Å². The first kappa shape index (κ1) is 15.6. The van der Waals surface area contributed by atoms with Crippen molar-refractivity contribution in [2.75, 3.05) is 5.32 Å². The summed E-state index contributed by atoms with van der Waals surface area (Å²) in [5.41, 5.74) is 2.83. The SMILES string of the molecule is CCC(C)Oc1cccc(Nc2nnc(Cl)c(C)c2C)c1. The zero-order valence-electron chi connectivity index (χ0n) is 12.8. The van der Waals surface area contributed by atoms with Gasteiger partial charge in [0.15, 0.2) is 11.0 Å². The van der Waals surface area contributed by atoms with Crippen molar-refractivity contribution in [3.05, 3.63) is 40.5 Å². The molecule has 0 amide bonds. The summed E-state index contributed by atoms with van der Waals surface area (Å²) < 4.78 is 5.82. The molecule has 1 atom stereocenters. The van der Waals surface area contributed by atoms with Gasteiger partial charge in [-0.05, 0) is 50.5 Å². The molecule has 0 aliphatic heterocycles. The van der Waals surface area contributed by atoms with E-state index in [1.807, 2.05) is 38.1 Å². The van der Waals surface area contributed by atoms with Gasteiger partial charge in [-0.25, -0.2) is 0 Å². The predicted molar refractivity (Wildman–Crippen MR) is 86.6 cm³/mol. The fourth-order valence-electron chi connectivity index (χ4n) is 1.79. The molecular weight excluding hydrogens is 286 g/mol. The molecular formula is C16H20ClN3O. The van der Waals surface area contributed by atoms with E-state index in [9.17, 15) is 0 Å². The van der Waals surface area contributed by atoms with Gasteiger partial charge < -0.3 is 10.1 Å². The maximum Gasteiger partial charge on any atom is 0.156 e. The highest BCUT2D eigenvalue weighted by molar-refractivity contribution is 6.30. The number of nitrogens with zero attached hydrogens (tertiary/aromatic N) is 2. The van der Waals surface area contributed by atoms with Gasteiger partial charge in [-0.2, -0.15) is 0 Å². The van der Waals surface area contributed by atoms with Crippen LogP contribution < -0.4 is 10.1 Å². The Hall–Kier alpha value is -1.81. The number of halogens is 1. The normalized spacial score (nSPS) is 12.0. The third kappa shape index (κ3) is 3.85. The zero-order chi connectivity index (χ0) is 15.4. The molecule has 1 heterocycles. The number of hydrogen-bond donors (Lipinski definition) is 1. The van der Waals surface area contributed by atoms with E-state index in [0.29, 0.717) is 11.0 Å². The summed E-state index contributed by atoms with van der Waals surface area (Å²) in [6.45, 7) is 8.05. The molecule has 4 nitrogen and oxygen atoms in total. The molecule has 2 aromatic rings. The molecule has 2 rings (SSSR count). The Bertz CT molecular complexity index is 631. The van der Waals surface area contributed by atoms with E-state index in [1.54, 1.807) is 0 Å². The quantitative estimate of drug-likeness (QED) is 0.872. The average Bonchev–Trinajstić information content (AvgIpc) is 2.48. The monoisotopic (exact) mass is 305 g/mol. The third-order valence-electron chi connectivity index (χ3n) is 3.47. The van der Waals surface area contributed by atoms with Crippen LogP contribution >= 0.6 is 11.6 Å². The van der Waals surface area contributed by atoms with Crippen molar-refractivity contribution in [1.82, 2.24) is 10.2 Å². The van der Waals surface area contributed by atoms with Crippen LogP contribution in [0.5, 0.6) is 5.75 Å². The Morgan fingerprint density at radius 1 is 1.24 bits per heavy atom. The van der Waals surface area contributed by atoms with Crippen molar-refractivity contribution in [3.8, 4) is 5.75 Å². The zero-order valence-corrected chi connectivity index (χ0v) is 13.5. The highest BCUT2D eigenvalue weighted by Crippen LogP contribution is 2.26. The van der Waals surface area contributed by atoms with Gasteiger partial charge in [0.1, 0.15) is 5.75 Å². The number of ether oxygens (including phenoxy) is 1. The maximum atomic E-state index is 5.97. The molecule has 0 aliphatic carbocycles. The molecule has 0 saturated carbocycles. The Morgan fingerprint density at radius 2 is 2.00 bits per heavy atom. The second-order valence-electron chi connectivity index (χ2n) is 5.08. The highest BCUT2D eigenvalue weighted by atomic mass is 35.5. The van der Waals surface area contributed by atoms with Crippen LogP contribution in [0.15, 0.2) is 24.3 Å². The number of benzene rings is 1. The van der Waals surface area contributed by atoms with Crippen LogP contribution in [-0.4, -0.2) is 16.3 Å². The molecule has 1 aromatic heterocycles. The molecule has 0 fully saturated rings. The molecule has 0 spiro atoms. The smallest absolute Gasteiger partial charge is 0.156 e. The number of nitrogens with one attached hydrogen (secondary N) is 1. The molecule has 0 saturated heterocycles. The lowest BCUT2D eigenvalue weighted by atomic mass is 10.2. The van der Waals surface area contributed by atoms with E-state index in [0.717, 1.165) is 29.0 Å². The largest absolute Gasteiger partial charge is 0.491 e. The molecule has 5 heteroatoms. The topological polar surface area (TPSA) is 47.0 Å². The first-order valence-electron chi connectivity index (χ1n) is 7.04. The predicted octanol–water partition coefficient (Wildman–Crippen LogP) is 4.67. The minimum Gasteiger partial charge on any atom is -0.491 e. The van der Waals surface area contributed by atoms with Gasteiger partial charge in [0.2, 0.25) is 0 Å². The Morgan fingerprint density at radius 3 is 2.71 bits per heavy atom. The lowest BCUT2D eigenvalue weighted by molar-refractivity contribution is 0.217. The van der Waals surface area contributed by atoms with Crippen molar-refractivity contribution in [3.63, 3.8) is 0 Å². The van der Waals surface area contributed by atoms with Gasteiger partial charge in [0.05, 0.1) is 6.10 Å². The lowest BCUT2D eigenvalue weighted by Crippen LogP contribution is -2.09. The van der Waals surface area contributed by atoms with E-state index in [-0.39, 0.29) is 6.10 Å². The summed E-state index contributed by atoms with van der Waals surface area (Å²) in [6, 6.07) is 7.82. The number of hydrogen-bond acceptors (Lipinski definition) is 4. The number of aromatic nitrogens is 2.